The first-order chi connectivity index (χ1) is 25.1. The molecule has 0 radical (unpaired) electrons. The fourth-order valence-corrected chi connectivity index (χ4v) is 6.57. The Morgan fingerprint density at radius 2 is 1.79 bits per heavy atom. The number of nitriles is 1. The SMILES string of the molecule is Cc1c(COc2cc(OCc3cncc(C#N)c3)c(C(C)N[C@@H](CO)C(=O)O)cc2Cl)cccc1-c1cccc(OCCCN2CC[C@@H](O)C2)c1C. The van der Waals surface area contributed by atoms with Crippen molar-refractivity contribution in [2.45, 2.75) is 65.0 Å². The molecule has 1 saturated heterocycles. The van der Waals surface area contributed by atoms with Crippen LogP contribution in [0.5, 0.6) is 17.2 Å². The molecule has 12 heteroatoms. The third kappa shape index (κ3) is 9.79. The number of carboxylic acid groups (broad SMARTS) is 1. The van der Waals surface area contributed by atoms with Gasteiger partial charge in [0.05, 0.1) is 29.9 Å². The maximum atomic E-state index is 11.6. The van der Waals surface area contributed by atoms with E-state index in [2.05, 4.69) is 47.3 Å². The van der Waals surface area contributed by atoms with Gasteiger partial charge in [0.15, 0.2) is 0 Å². The van der Waals surface area contributed by atoms with Gasteiger partial charge in [0.25, 0.3) is 0 Å². The summed E-state index contributed by atoms with van der Waals surface area (Å²) in [6.45, 7) is 8.71. The third-order valence-corrected chi connectivity index (χ3v) is 9.60. The summed E-state index contributed by atoms with van der Waals surface area (Å²) in [5.74, 6) is 0.407. The molecule has 52 heavy (non-hydrogen) atoms. The minimum absolute atomic E-state index is 0.0809. The van der Waals surface area contributed by atoms with E-state index < -0.39 is 24.7 Å². The lowest BCUT2D eigenvalue weighted by Crippen LogP contribution is -2.41. The van der Waals surface area contributed by atoms with Crippen LogP contribution in [0.4, 0.5) is 0 Å². The van der Waals surface area contributed by atoms with Crippen molar-refractivity contribution < 1.29 is 34.3 Å². The molecular weight excluding hydrogens is 684 g/mol. The van der Waals surface area contributed by atoms with Gasteiger partial charge in [-0.15, -0.1) is 0 Å². The van der Waals surface area contributed by atoms with Crippen molar-refractivity contribution in [1.29, 1.82) is 5.26 Å². The molecule has 0 spiro atoms. The number of pyridine rings is 1. The fourth-order valence-electron chi connectivity index (χ4n) is 6.34. The van der Waals surface area contributed by atoms with E-state index >= 15 is 0 Å². The van der Waals surface area contributed by atoms with Gasteiger partial charge in [-0.05, 0) is 79.6 Å². The largest absolute Gasteiger partial charge is 0.493 e. The molecule has 274 valence electrons. The second-order valence-electron chi connectivity index (χ2n) is 13.0. The molecular formula is C40H45ClN4O7. The number of carbonyl (C=O) groups is 1. The first-order valence-corrected chi connectivity index (χ1v) is 17.7. The van der Waals surface area contributed by atoms with Gasteiger partial charge in [-0.1, -0.05) is 41.9 Å². The van der Waals surface area contributed by atoms with Crippen molar-refractivity contribution in [1.82, 2.24) is 15.2 Å². The molecule has 2 heterocycles. The zero-order valence-electron chi connectivity index (χ0n) is 29.6. The van der Waals surface area contributed by atoms with E-state index in [1.165, 1.54) is 6.20 Å². The van der Waals surface area contributed by atoms with E-state index in [-0.39, 0.29) is 19.3 Å². The predicted octanol–water partition coefficient (Wildman–Crippen LogP) is 5.98. The van der Waals surface area contributed by atoms with E-state index in [0.717, 1.165) is 66.0 Å². The van der Waals surface area contributed by atoms with Crippen LogP contribution < -0.4 is 19.5 Å². The highest BCUT2D eigenvalue weighted by atomic mass is 35.5. The van der Waals surface area contributed by atoms with Gasteiger partial charge in [0.1, 0.15) is 42.6 Å². The van der Waals surface area contributed by atoms with Gasteiger partial charge in [0.2, 0.25) is 0 Å². The monoisotopic (exact) mass is 728 g/mol. The molecule has 1 aliphatic heterocycles. The van der Waals surface area contributed by atoms with Crippen LogP contribution in [0.15, 0.2) is 67.0 Å². The topological polar surface area (TPSA) is 157 Å². The first-order valence-electron chi connectivity index (χ1n) is 17.3. The number of aliphatic hydroxyl groups excluding tert-OH is 2. The lowest BCUT2D eigenvalue weighted by molar-refractivity contribution is -0.140. The summed E-state index contributed by atoms with van der Waals surface area (Å²) in [5, 5.41) is 41.4. The fraction of sp³-hybridized carbons (Fsp3) is 0.375. The van der Waals surface area contributed by atoms with E-state index in [4.69, 9.17) is 25.8 Å². The number of hydrogen-bond donors (Lipinski definition) is 4. The van der Waals surface area contributed by atoms with Crippen LogP contribution in [0.1, 0.15) is 59.2 Å². The molecule has 11 nitrogen and oxygen atoms in total. The molecule has 0 aliphatic carbocycles. The van der Waals surface area contributed by atoms with Gasteiger partial charge in [0, 0.05) is 55.3 Å². The molecule has 3 aromatic carbocycles. The van der Waals surface area contributed by atoms with Gasteiger partial charge in [-0.2, -0.15) is 5.26 Å². The highest BCUT2D eigenvalue weighted by Gasteiger charge is 2.24. The molecule has 5 rings (SSSR count). The Bertz CT molecular complexity index is 1900. The molecule has 3 atom stereocenters. The summed E-state index contributed by atoms with van der Waals surface area (Å²) < 4.78 is 18.7. The number of aliphatic hydroxyl groups is 2. The Kier molecular flexibility index (Phi) is 13.5. The van der Waals surface area contributed by atoms with Gasteiger partial charge < -0.3 is 34.4 Å². The first kappa shape index (κ1) is 38.5. The van der Waals surface area contributed by atoms with Crippen LogP contribution >= 0.6 is 11.6 Å². The molecule has 0 amide bonds. The van der Waals surface area contributed by atoms with E-state index in [1.807, 2.05) is 24.3 Å². The minimum atomic E-state index is -1.20. The Morgan fingerprint density at radius 3 is 2.50 bits per heavy atom. The molecule has 4 aromatic rings. The number of benzene rings is 3. The number of likely N-dealkylation sites (tertiary alicyclic amines) is 1. The number of aromatic nitrogens is 1. The standard InChI is InChI=1S/C40H45ClN4O7/c1-25-30(7-4-8-32(25)33-9-5-10-37(26(33)2)50-14-6-12-45-13-11-31(47)21-45)24-52-39-17-38(51-23-29-15-28(18-42)19-43-20-29)34(16-35(39)41)27(3)44-36(22-46)40(48)49/h4-5,7-10,15-17,19-20,27,31,36,44,46-47H,6,11-14,21-24H2,1-3H3,(H,48,49)/t27?,31-,36+/m1/s1. The summed E-state index contributed by atoms with van der Waals surface area (Å²) in [6, 6.07) is 17.5. The quantitative estimate of drug-likeness (QED) is 0.0949. The van der Waals surface area contributed by atoms with Gasteiger partial charge in [-0.3, -0.25) is 15.1 Å². The normalized spacial score (nSPS) is 15.5. The highest BCUT2D eigenvalue weighted by molar-refractivity contribution is 6.32. The molecule has 0 bridgehead atoms. The van der Waals surface area contributed by atoms with Crippen molar-refractivity contribution in [3.8, 4) is 34.4 Å². The van der Waals surface area contributed by atoms with Crippen LogP contribution in [0.25, 0.3) is 11.1 Å². The maximum absolute atomic E-state index is 11.6. The van der Waals surface area contributed by atoms with Crippen LogP contribution in [0.3, 0.4) is 0 Å². The third-order valence-electron chi connectivity index (χ3n) is 9.31. The summed E-state index contributed by atoms with van der Waals surface area (Å²) in [6.07, 6.45) is 4.55. The number of carboxylic acids is 1. The van der Waals surface area contributed by atoms with Crippen molar-refractivity contribution in [2.24, 2.45) is 0 Å². The zero-order chi connectivity index (χ0) is 37.2. The van der Waals surface area contributed by atoms with Crippen LogP contribution in [0, 0.1) is 25.2 Å². The minimum Gasteiger partial charge on any atom is -0.493 e. The number of β-amino-alcohol motifs (C(OH)–C–C–N with tert-alkyl or cyclic N) is 1. The predicted molar refractivity (Wildman–Crippen MR) is 198 cm³/mol. The Balaban J connectivity index is 1.33. The van der Waals surface area contributed by atoms with Crippen molar-refractivity contribution in [3.63, 3.8) is 0 Å². The summed E-state index contributed by atoms with van der Waals surface area (Å²) in [4.78, 5) is 18.0. The lowest BCUT2D eigenvalue weighted by atomic mass is 9.93. The van der Waals surface area contributed by atoms with Crippen molar-refractivity contribution in [3.05, 3.63) is 105 Å². The summed E-state index contributed by atoms with van der Waals surface area (Å²) in [5.41, 5.74) is 6.80. The Morgan fingerprint density at radius 1 is 1.04 bits per heavy atom. The Labute approximate surface area is 309 Å². The van der Waals surface area contributed by atoms with Crippen molar-refractivity contribution >= 4 is 17.6 Å². The molecule has 1 fully saturated rings. The molecule has 1 aliphatic rings. The lowest BCUT2D eigenvalue weighted by Gasteiger charge is -2.23. The van der Waals surface area contributed by atoms with Crippen LogP contribution in [-0.4, -0.2) is 76.2 Å². The van der Waals surface area contributed by atoms with Crippen molar-refractivity contribution in [2.75, 3.05) is 32.8 Å². The molecule has 4 N–H and O–H groups in total. The van der Waals surface area contributed by atoms with E-state index in [9.17, 15) is 25.4 Å². The number of nitrogens with one attached hydrogen (secondary N) is 1. The smallest absolute Gasteiger partial charge is 0.323 e. The number of hydrogen-bond acceptors (Lipinski definition) is 10. The summed E-state index contributed by atoms with van der Waals surface area (Å²) in [7, 11) is 0. The molecule has 1 unspecified atom stereocenters. The number of ether oxygens (including phenoxy) is 3. The molecule has 1 aromatic heterocycles. The summed E-state index contributed by atoms with van der Waals surface area (Å²) >= 11 is 6.75. The number of nitrogens with zero attached hydrogens (tertiary/aromatic N) is 3. The maximum Gasteiger partial charge on any atom is 0.323 e. The Hall–Kier alpha value is -4.70. The zero-order valence-corrected chi connectivity index (χ0v) is 30.4. The van der Waals surface area contributed by atoms with Crippen LogP contribution in [0.2, 0.25) is 5.02 Å². The number of rotatable bonds is 17. The van der Waals surface area contributed by atoms with E-state index in [0.29, 0.717) is 39.8 Å². The van der Waals surface area contributed by atoms with Gasteiger partial charge in [-0.25, -0.2) is 0 Å². The van der Waals surface area contributed by atoms with Gasteiger partial charge >= 0.3 is 5.97 Å². The second kappa shape index (κ2) is 18.2. The van der Waals surface area contributed by atoms with E-state index in [1.54, 1.807) is 31.3 Å². The second-order valence-corrected chi connectivity index (χ2v) is 13.4. The van der Waals surface area contributed by atoms with Crippen LogP contribution in [-0.2, 0) is 18.0 Å². The number of halogens is 1. The molecule has 0 saturated carbocycles. The average Bonchev–Trinajstić information content (AvgIpc) is 3.56. The highest BCUT2D eigenvalue weighted by Crippen LogP contribution is 2.38. The number of aliphatic carboxylic acids is 1. The average molecular weight is 729 g/mol.